The number of sulfonamides is 2. The van der Waals surface area contributed by atoms with Gasteiger partial charge in [-0.25, -0.2) is 21.6 Å². The summed E-state index contributed by atoms with van der Waals surface area (Å²) in [5.41, 5.74) is 0. The maximum absolute atomic E-state index is 12.8. The lowest BCUT2D eigenvalue weighted by atomic mass is 10.1. The topological polar surface area (TPSA) is 113 Å². The van der Waals surface area contributed by atoms with Gasteiger partial charge in [-0.2, -0.15) is 4.31 Å². The number of piperidine rings is 1. The molecule has 0 spiro atoms. The molecule has 1 saturated heterocycles. The van der Waals surface area contributed by atoms with Gasteiger partial charge in [-0.15, -0.1) is 0 Å². The van der Waals surface area contributed by atoms with Gasteiger partial charge in [0.1, 0.15) is 0 Å². The minimum Gasteiger partial charge on any atom is -0.352 e. The number of nitrogens with one attached hydrogen (secondary N) is 2. The minimum absolute atomic E-state index is 0.0116. The van der Waals surface area contributed by atoms with Gasteiger partial charge >= 0.3 is 0 Å². The molecule has 1 aromatic rings. The summed E-state index contributed by atoms with van der Waals surface area (Å²) in [4.78, 5) is 11.3. The van der Waals surface area contributed by atoms with Gasteiger partial charge in [-0.1, -0.05) is 0 Å². The Morgan fingerprint density at radius 1 is 1.00 bits per heavy atom. The largest absolute Gasteiger partial charge is 0.352 e. The second-order valence-corrected chi connectivity index (χ2v) is 10.4. The van der Waals surface area contributed by atoms with Gasteiger partial charge in [-0.05, 0) is 49.9 Å². The van der Waals surface area contributed by atoms with Crippen LogP contribution in [0.4, 0.5) is 0 Å². The normalized spacial score (nSPS) is 22.1. The molecule has 0 aromatic heterocycles. The molecule has 1 saturated carbocycles. The molecular formula is C16H23N3O5S2. The molecule has 2 fully saturated rings. The maximum atomic E-state index is 12.8. The number of carbonyl (C=O) groups excluding carboxylic acids is 1. The van der Waals surface area contributed by atoms with Crippen molar-refractivity contribution in [3.8, 4) is 0 Å². The molecule has 0 radical (unpaired) electrons. The summed E-state index contributed by atoms with van der Waals surface area (Å²) in [6, 6.07) is 5.04. The molecule has 1 heterocycles. The second-order valence-electron chi connectivity index (χ2n) is 6.77. The van der Waals surface area contributed by atoms with Crippen molar-refractivity contribution < 1.29 is 21.6 Å². The number of benzene rings is 1. The summed E-state index contributed by atoms with van der Waals surface area (Å²) in [5, 5.41) is 2.76. The first-order valence-electron chi connectivity index (χ1n) is 8.58. The van der Waals surface area contributed by atoms with Gasteiger partial charge in [0.25, 0.3) is 0 Å². The SMILES string of the molecule is CC(=O)NC1CCCN(S(=O)(=O)c2ccc(S(=O)(=O)NC3CC3)cc2)C1. The minimum atomic E-state index is -3.74. The first-order chi connectivity index (χ1) is 12.2. The summed E-state index contributed by atoms with van der Waals surface area (Å²) in [5.74, 6) is -0.188. The summed E-state index contributed by atoms with van der Waals surface area (Å²) < 4.78 is 53.9. The molecule has 8 nitrogen and oxygen atoms in total. The highest BCUT2D eigenvalue weighted by Gasteiger charge is 2.31. The molecule has 10 heteroatoms. The summed E-state index contributed by atoms with van der Waals surface area (Å²) >= 11 is 0. The fourth-order valence-corrected chi connectivity index (χ4v) is 5.82. The Kier molecular flexibility index (Phi) is 5.38. The molecule has 3 rings (SSSR count). The molecule has 1 unspecified atom stereocenters. The molecule has 144 valence electrons. The molecule has 1 atom stereocenters. The van der Waals surface area contributed by atoms with Crippen molar-refractivity contribution in [2.75, 3.05) is 13.1 Å². The first kappa shape index (κ1) is 19.3. The fraction of sp³-hybridized carbons (Fsp3) is 0.562. The predicted molar refractivity (Wildman–Crippen MR) is 95.4 cm³/mol. The van der Waals surface area contributed by atoms with Crippen LogP contribution in [0.3, 0.4) is 0 Å². The van der Waals surface area contributed by atoms with E-state index in [1.165, 1.54) is 35.5 Å². The zero-order valence-electron chi connectivity index (χ0n) is 14.5. The lowest BCUT2D eigenvalue weighted by Gasteiger charge is -2.32. The van der Waals surface area contributed by atoms with E-state index in [0.29, 0.717) is 13.0 Å². The molecule has 0 bridgehead atoms. The smallest absolute Gasteiger partial charge is 0.243 e. The monoisotopic (exact) mass is 401 g/mol. The Balaban J connectivity index is 1.75. The van der Waals surface area contributed by atoms with Gasteiger partial charge in [0.2, 0.25) is 26.0 Å². The van der Waals surface area contributed by atoms with E-state index in [9.17, 15) is 21.6 Å². The molecule has 26 heavy (non-hydrogen) atoms. The summed E-state index contributed by atoms with van der Waals surface area (Å²) in [6.07, 6.45) is 3.05. The van der Waals surface area contributed by atoms with E-state index in [0.717, 1.165) is 19.3 Å². The highest BCUT2D eigenvalue weighted by atomic mass is 32.2. The van der Waals surface area contributed by atoms with Crippen molar-refractivity contribution in [3.05, 3.63) is 24.3 Å². The van der Waals surface area contributed by atoms with Crippen LogP contribution in [0, 0.1) is 0 Å². The Bertz CT molecular complexity index is 877. The summed E-state index contributed by atoms with van der Waals surface area (Å²) in [7, 11) is -7.35. The molecule has 2 N–H and O–H groups in total. The van der Waals surface area contributed by atoms with E-state index >= 15 is 0 Å². The van der Waals surface area contributed by atoms with Crippen molar-refractivity contribution in [2.24, 2.45) is 0 Å². The number of nitrogens with zero attached hydrogens (tertiary/aromatic N) is 1. The molecule has 1 aromatic carbocycles. The second kappa shape index (κ2) is 7.26. The van der Waals surface area contributed by atoms with Gasteiger partial charge in [-0.3, -0.25) is 4.79 Å². The average Bonchev–Trinajstić information content (AvgIpc) is 3.38. The van der Waals surface area contributed by atoms with E-state index < -0.39 is 20.0 Å². The highest BCUT2D eigenvalue weighted by molar-refractivity contribution is 7.89. The van der Waals surface area contributed by atoms with E-state index in [2.05, 4.69) is 10.0 Å². The highest BCUT2D eigenvalue weighted by Crippen LogP contribution is 2.24. The Morgan fingerprint density at radius 2 is 1.62 bits per heavy atom. The van der Waals surface area contributed by atoms with Crippen LogP contribution in [-0.4, -0.2) is 52.2 Å². The number of hydrogen-bond acceptors (Lipinski definition) is 5. The zero-order valence-corrected chi connectivity index (χ0v) is 16.1. The maximum Gasteiger partial charge on any atom is 0.243 e. The van der Waals surface area contributed by atoms with E-state index in [1.54, 1.807) is 0 Å². The van der Waals surface area contributed by atoms with E-state index in [-0.39, 0.29) is 34.3 Å². The van der Waals surface area contributed by atoms with E-state index in [4.69, 9.17) is 0 Å². The van der Waals surface area contributed by atoms with Crippen molar-refractivity contribution in [1.82, 2.24) is 14.3 Å². The molecular weight excluding hydrogens is 378 g/mol. The number of hydrogen-bond donors (Lipinski definition) is 2. The van der Waals surface area contributed by atoms with Crippen LogP contribution >= 0.6 is 0 Å². The third-order valence-electron chi connectivity index (χ3n) is 4.46. The zero-order chi connectivity index (χ0) is 18.9. The first-order valence-corrected chi connectivity index (χ1v) is 11.5. The van der Waals surface area contributed by atoms with Crippen molar-refractivity contribution in [3.63, 3.8) is 0 Å². The number of amides is 1. The molecule has 1 aliphatic heterocycles. The van der Waals surface area contributed by atoms with Crippen molar-refractivity contribution in [1.29, 1.82) is 0 Å². The van der Waals surface area contributed by atoms with Crippen molar-refractivity contribution >= 4 is 26.0 Å². The van der Waals surface area contributed by atoms with Crippen LogP contribution in [0.1, 0.15) is 32.6 Å². The third kappa shape index (κ3) is 4.43. The van der Waals surface area contributed by atoms with Crippen LogP contribution in [-0.2, 0) is 24.8 Å². The van der Waals surface area contributed by atoms with Gasteiger partial charge in [0.05, 0.1) is 9.79 Å². The summed E-state index contributed by atoms with van der Waals surface area (Å²) in [6.45, 7) is 2.00. The molecule has 2 aliphatic rings. The van der Waals surface area contributed by atoms with Crippen LogP contribution in [0.5, 0.6) is 0 Å². The fourth-order valence-electron chi connectivity index (χ4n) is 2.99. The number of carbonyl (C=O) groups is 1. The van der Waals surface area contributed by atoms with Crippen LogP contribution in [0.2, 0.25) is 0 Å². The average molecular weight is 402 g/mol. The quantitative estimate of drug-likeness (QED) is 0.717. The van der Waals surface area contributed by atoms with Crippen LogP contribution in [0.25, 0.3) is 0 Å². The Morgan fingerprint density at radius 3 is 2.19 bits per heavy atom. The van der Waals surface area contributed by atoms with E-state index in [1.807, 2.05) is 0 Å². The van der Waals surface area contributed by atoms with Crippen LogP contribution in [0.15, 0.2) is 34.1 Å². The number of rotatable bonds is 6. The Labute approximate surface area is 154 Å². The van der Waals surface area contributed by atoms with Crippen molar-refractivity contribution in [2.45, 2.75) is 54.5 Å². The standard InChI is InChI=1S/C16H23N3O5S2/c1-12(20)17-14-3-2-10-19(11-14)26(23,24)16-8-6-15(7-9-16)25(21,22)18-13-4-5-13/h6-9,13-14,18H,2-5,10-11H2,1H3,(H,17,20). The lowest BCUT2D eigenvalue weighted by Crippen LogP contribution is -2.49. The third-order valence-corrected chi connectivity index (χ3v) is 7.88. The van der Waals surface area contributed by atoms with Gasteiger partial charge in [0.15, 0.2) is 0 Å². The Hall–Kier alpha value is -1.49. The molecule has 1 amide bonds. The van der Waals surface area contributed by atoms with Crippen LogP contribution < -0.4 is 10.0 Å². The van der Waals surface area contributed by atoms with Gasteiger partial charge in [0, 0.05) is 32.1 Å². The molecule has 1 aliphatic carbocycles. The van der Waals surface area contributed by atoms with Gasteiger partial charge < -0.3 is 5.32 Å². The lowest BCUT2D eigenvalue weighted by molar-refractivity contribution is -0.119. The predicted octanol–water partition coefficient (Wildman–Crippen LogP) is 0.417.